The fourth-order valence-electron chi connectivity index (χ4n) is 4.39. The standard InChI is InChI=1S/C28H37N5O6Si/c1-32(2)18-13-14-33(23(35)15-18)28-30-26(36-3)25(27(31-28)37-4)29-22(34)17-20-11-12-24(39-20)38-19-9-8-10-21(16-19)40(5,6)7/h8-12,16,18H,13-15,17H2,1-7H3,(H,29,34). The third-order valence-corrected chi connectivity index (χ3v) is 8.78. The first kappa shape index (κ1) is 29.1. The Labute approximate surface area is 235 Å². The second-order valence-electron chi connectivity index (χ2n) is 10.9. The van der Waals surface area contributed by atoms with Gasteiger partial charge in [0.25, 0.3) is 5.95 Å². The van der Waals surface area contributed by atoms with Gasteiger partial charge in [0, 0.05) is 25.1 Å². The lowest BCUT2D eigenvalue weighted by atomic mass is 10.0. The molecule has 0 bridgehead atoms. The van der Waals surface area contributed by atoms with Crippen molar-refractivity contribution < 1.29 is 28.2 Å². The molecule has 214 valence electrons. The molecule has 1 fully saturated rings. The maximum atomic E-state index is 12.9. The van der Waals surface area contributed by atoms with Gasteiger partial charge >= 0.3 is 0 Å². The number of amides is 2. The summed E-state index contributed by atoms with van der Waals surface area (Å²) in [5.74, 6) is 1.25. The minimum Gasteiger partial charge on any atom is -0.479 e. The number of rotatable bonds is 10. The topological polar surface area (TPSA) is 119 Å². The average molecular weight is 568 g/mol. The minimum atomic E-state index is -1.49. The van der Waals surface area contributed by atoms with Crippen molar-refractivity contribution in [2.75, 3.05) is 45.1 Å². The maximum absolute atomic E-state index is 12.9. The molecule has 1 aliphatic rings. The van der Waals surface area contributed by atoms with E-state index < -0.39 is 14.0 Å². The number of nitrogens with one attached hydrogen (secondary N) is 1. The molecule has 2 amide bonds. The lowest BCUT2D eigenvalue weighted by Gasteiger charge is -2.33. The molecule has 12 heteroatoms. The van der Waals surface area contributed by atoms with Crippen molar-refractivity contribution in [3.63, 3.8) is 0 Å². The molecule has 0 aliphatic carbocycles. The van der Waals surface area contributed by atoms with Crippen molar-refractivity contribution in [1.82, 2.24) is 14.9 Å². The number of furan rings is 1. The average Bonchev–Trinajstić information content (AvgIpc) is 3.34. The van der Waals surface area contributed by atoms with Gasteiger partial charge in [-0.15, -0.1) is 0 Å². The summed E-state index contributed by atoms with van der Waals surface area (Å²) < 4.78 is 22.5. The molecule has 11 nitrogen and oxygen atoms in total. The van der Waals surface area contributed by atoms with E-state index in [-0.39, 0.29) is 41.8 Å². The van der Waals surface area contributed by atoms with Crippen LogP contribution in [-0.4, -0.2) is 75.7 Å². The summed E-state index contributed by atoms with van der Waals surface area (Å²) in [5.41, 5.74) is 0.167. The summed E-state index contributed by atoms with van der Waals surface area (Å²) in [4.78, 5) is 38.1. The lowest BCUT2D eigenvalue weighted by Crippen LogP contribution is -2.46. The molecule has 1 atom stereocenters. The lowest BCUT2D eigenvalue weighted by molar-refractivity contribution is -0.121. The molecule has 1 unspecified atom stereocenters. The van der Waals surface area contributed by atoms with Crippen LogP contribution in [0.15, 0.2) is 40.8 Å². The van der Waals surface area contributed by atoms with Crippen LogP contribution < -0.4 is 29.6 Å². The molecule has 1 aliphatic heterocycles. The van der Waals surface area contributed by atoms with Gasteiger partial charge in [0.1, 0.15) is 11.5 Å². The van der Waals surface area contributed by atoms with Crippen molar-refractivity contribution in [3.8, 4) is 23.5 Å². The third-order valence-electron chi connectivity index (χ3n) is 6.74. The van der Waals surface area contributed by atoms with E-state index in [0.717, 1.165) is 6.42 Å². The van der Waals surface area contributed by atoms with Crippen LogP contribution >= 0.6 is 0 Å². The zero-order chi connectivity index (χ0) is 29.0. The van der Waals surface area contributed by atoms with E-state index in [1.165, 1.54) is 24.3 Å². The molecule has 1 N–H and O–H groups in total. The van der Waals surface area contributed by atoms with Crippen molar-refractivity contribution in [3.05, 3.63) is 42.2 Å². The van der Waals surface area contributed by atoms with E-state index in [2.05, 4.69) is 41.0 Å². The first-order valence-electron chi connectivity index (χ1n) is 13.1. The molecular formula is C28H37N5O6Si. The summed E-state index contributed by atoms with van der Waals surface area (Å²) in [6.45, 7) is 7.27. The SMILES string of the molecule is COc1nc(N2CCC(N(C)C)CC2=O)nc(OC)c1NC(=O)Cc1ccc(Oc2cccc([Si](C)(C)C)c2)o1. The zero-order valence-corrected chi connectivity index (χ0v) is 25.1. The Morgan fingerprint density at radius 2 is 1.82 bits per heavy atom. The Balaban J connectivity index is 1.45. The predicted octanol–water partition coefficient (Wildman–Crippen LogP) is 3.66. The zero-order valence-electron chi connectivity index (χ0n) is 24.1. The Morgan fingerprint density at radius 1 is 1.12 bits per heavy atom. The van der Waals surface area contributed by atoms with Crippen LogP contribution in [-0.2, 0) is 16.0 Å². The highest BCUT2D eigenvalue weighted by atomic mass is 28.3. The van der Waals surface area contributed by atoms with Gasteiger partial charge in [-0.25, -0.2) is 0 Å². The Morgan fingerprint density at radius 3 is 2.42 bits per heavy atom. The van der Waals surface area contributed by atoms with Crippen LogP contribution in [0.1, 0.15) is 18.6 Å². The molecule has 0 spiro atoms. The summed E-state index contributed by atoms with van der Waals surface area (Å²) in [6.07, 6.45) is 1.07. The first-order valence-corrected chi connectivity index (χ1v) is 16.6. The van der Waals surface area contributed by atoms with Crippen molar-refractivity contribution >= 4 is 36.7 Å². The van der Waals surface area contributed by atoms with Crippen LogP contribution in [0, 0.1) is 0 Å². The summed E-state index contributed by atoms with van der Waals surface area (Å²) in [7, 11) is 5.27. The number of hydrogen-bond donors (Lipinski definition) is 1. The molecule has 3 aromatic rings. The fourth-order valence-corrected chi connectivity index (χ4v) is 5.57. The summed E-state index contributed by atoms with van der Waals surface area (Å²) >= 11 is 0. The third kappa shape index (κ3) is 6.80. The number of aromatic nitrogens is 2. The number of benzene rings is 1. The number of nitrogens with zero attached hydrogens (tertiary/aromatic N) is 4. The van der Waals surface area contributed by atoms with Gasteiger partial charge < -0.3 is 28.8 Å². The van der Waals surface area contributed by atoms with Gasteiger partial charge in [0.05, 0.1) is 28.7 Å². The van der Waals surface area contributed by atoms with E-state index in [4.69, 9.17) is 18.6 Å². The van der Waals surface area contributed by atoms with E-state index in [0.29, 0.717) is 30.4 Å². The van der Waals surface area contributed by atoms with Crippen molar-refractivity contribution in [2.24, 2.45) is 0 Å². The highest BCUT2D eigenvalue weighted by Crippen LogP contribution is 2.35. The summed E-state index contributed by atoms with van der Waals surface area (Å²) in [5, 5.41) is 4.03. The number of piperidine rings is 1. The highest BCUT2D eigenvalue weighted by molar-refractivity contribution is 6.88. The van der Waals surface area contributed by atoms with Gasteiger partial charge in [-0.05, 0) is 38.7 Å². The van der Waals surface area contributed by atoms with E-state index in [9.17, 15) is 9.59 Å². The minimum absolute atomic E-state index is 0.0666. The molecule has 3 heterocycles. The number of ether oxygens (including phenoxy) is 3. The monoisotopic (exact) mass is 567 g/mol. The number of hydrogen-bond acceptors (Lipinski definition) is 9. The van der Waals surface area contributed by atoms with E-state index >= 15 is 0 Å². The molecule has 1 aromatic carbocycles. The molecule has 0 radical (unpaired) electrons. The molecule has 1 saturated heterocycles. The highest BCUT2D eigenvalue weighted by Gasteiger charge is 2.31. The Hall–Kier alpha value is -3.90. The second kappa shape index (κ2) is 12.1. The van der Waals surface area contributed by atoms with Gasteiger partial charge in [-0.3, -0.25) is 14.5 Å². The molecule has 4 rings (SSSR count). The van der Waals surface area contributed by atoms with Crippen molar-refractivity contribution in [1.29, 1.82) is 0 Å². The predicted molar refractivity (Wildman–Crippen MR) is 155 cm³/mol. The molecule has 0 saturated carbocycles. The number of carbonyl (C=O) groups is 2. The van der Waals surface area contributed by atoms with Gasteiger partial charge in [-0.2, -0.15) is 9.97 Å². The first-order chi connectivity index (χ1) is 19.0. The Bertz CT molecular complexity index is 1340. The largest absolute Gasteiger partial charge is 0.479 e. The fraction of sp³-hybridized carbons (Fsp3) is 0.429. The molecule has 40 heavy (non-hydrogen) atoms. The van der Waals surface area contributed by atoms with Crippen molar-refractivity contribution in [2.45, 2.75) is 44.9 Å². The van der Waals surface area contributed by atoms with Gasteiger partial charge in [-0.1, -0.05) is 37.0 Å². The smallest absolute Gasteiger partial charge is 0.290 e. The number of methoxy groups -OCH3 is 2. The van der Waals surface area contributed by atoms with Gasteiger partial charge in [0.2, 0.25) is 29.5 Å². The van der Waals surface area contributed by atoms with Crippen LogP contribution in [0.25, 0.3) is 0 Å². The molecular weight excluding hydrogens is 530 g/mol. The van der Waals surface area contributed by atoms with Crippen LogP contribution in [0.2, 0.25) is 19.6 Å². The van der Waals surface area contributed by atoms with E-state index in [1.54, 1.807) is 12.1 Å². The van der Waals surface area contributed by atoms with Crippen LogP contribution in [0.4, 0.5) is 11.6 Å². The Kier molecular flexibility index (Phi) is 8.79. The number of anilines is 2. The van der Waals surface area contributed by atoms with Crippen LogP contribution in [0.5, 0.6) is 23.5 Å². The molecule has 2 aromatic heterocycles. The second-order valence-corrected chi connectivity index (χ2v) is 16.0. The maximum Gasteiger partial charge on any atom is 0.290 e. The van der Waals surface area contributed by atoms with Gasteiger partial charge in [0.15, 0.2) is 5.69 Å². The van der Waals surface area contributed by atoms with E-state index in [1.807, 2.05) is 37.2 Å². The summed E-state index contributed by atoms with van der Waals surface area (Å²) in [6, 6.07) is 11.5. The quantitative estimate of drug-likeness (QED) is 0.366. The normalized spacial score (nSPS) is 15.8. The van der Waals surface area contributed by atoms with Crippen LogP contribution in [0.3, 0.4) is 0 Å². The number of carbonyl (C=O) groups excluding carboxylic acids is 2.